The smallest absolute Gasteiger partial charge is 0.265 e. The summed E-state index contributed by atoms with van der Waals surface area (Å²) in [6.45, 7) is 1.46. The fourth-order valence-corrected chi connectivity index (χ4v) is 1.08. The molecule has 1 aromatic rings. The van der Waals surface area contributed by atoms with Gasteiger partial charge in [0.1, 0.15) is 6.04 Å². The second kappa shape index (κ2) is 5.13. The van der Waals surface area contributed by atoms with Crippen molar-refractivity contribution in [3.05, 3.63) is 29.8 Å². The van der Waals surface area contributed by atoms with E-state index >= 15 is 0 Å². The Morgan fingerprint density at radius 2 is 1.88 bits per heavy atom. The van der Waals surface area contributed by atoms with E-state index in [0.717, 1.165) is 0 Å². The van der Waals surface area contributed by atoms with Gasteiger partial charge >= 0.3 is 0 Å². The van der Waals surface area contributed by atoms with Crippen molar-refractivity contribution in [3.8, 4) is 0 Å². The van der Waals surface area contributed by atoms with Gasteiger partial charge in [0.25, 0.3) is 11.8 Å². The third-order valence-electron chi connectivity index (χ3n) is 2.02. The third kappa shape index (κ3) is 2.96. The van der Waals surface area contributed by atoms with Crippen LogP contribution in [0.25, 0.3) is 0 Å². The Morgan fingerprint density at radius 3 is 2.38 bits per heavy atom. The molecule has 0 fully saturated rings. The van der Waals surface area contributed by atoms with Gasteiger partial charge in [-0.2, -0.15) is 0 Å². The Bertz CT molecular complexity index is 389. The van der Waals surface area contributed by atoms with Crippen molar-refractivity contribution >= 4 is 17.5 Å². The molecule has 0 saturated carbocycles. The van der Waals surface area contributed by atoms with E-state index in [-0.39, 0.29) is 0 Å². The first-order valence-electron chi connectivity index (χ1n) is 4.65. The Kier molecular flexibility index (Phi) is 3.84. The number of carbonyl (C=O) groups is 2. The van der Waals surface area contributed by atoms with Crippen LogP contribution in [0.1, 0.15) is 17.3 Å². The van der Waals surface area contributed by atoms with Crippen molar-refractivity contribution < 1.29 is 14.8 Å². The van der Waals surface area contributed by atoms with Gasteiger partial charge in [0.2, 0.25) is 0 Å². The molecule has 1 atom stereocenters. The van der Waals surface area contributed by atoms with Crippen molar-refractivity contribution in [2.75, 3.05) is 5.73 Å². The number of nitrogen functional groups attached to an aromatic ring is 1. The van der Waals surface area contributed by atoms with Gasteiger partial charge in [-0.25, -0.2) is 5.48 Å². The van der Waals surface area contributed by atoms with Crippen LogP contribution in [0.15, 0.2) is 24.3 Å². The van der Waals surface area contributed by atoms with E-state index in [0.29, 0.717) is 11.3 Å². The monoisotopic (exact) mass is 223 g/mol. The molecule has 0 saturated heterocycles. The number of nitrogens with one attached hydrogen (secondary N) is 2. The molecule has 5 N–H and O–H groups in total. The summed E-state index contributed by atoms with van der Waals surface area (Å²) in [5.41, 5.74) is 7.87. The predicted molar refractivity (Wildman–Crippen MR) is 57.7 cm³/mol. The largest absolute Gasteiger partial charge is 0.399 e. The molecule has 0 aliphatic rings. The standard InChI is InChI=1S/C10H13N3O3/c1-6(9(14)13-16)12-10(15)7-2-4-8(11)5-3-7/h2-6,16H,11H2,1H3,(H,12,15)(H,13,14). The topological polar surface area (TPSA) is 104 Å². The third-order valence-corrected chi connectivity index (χ3v) is 2.02. The van der Waals surface area contributed by atoms with E-state index in [4.69, 9.17) is 10.9 Å². The Labute approximate surface area is 92.4 Å². The van der Waals surface area contributed by atoms with Crippen LogP contribution in [-0.4, -0.2) is 23.1 Å². The Hall–Kier alpha value is -2.08. The summed E-state index contributed by atoms with van der Waals surface area (Å²) < 4.78 is 0. The molecule has 0 heterocycles. The van der Waals surface area contributed by atoms with Crippen molar-refractivity contribution in [1.29, 1.82) is 0 Å². The molecule has 0 aliphatic carbocycles. The number of anilines is 1. The number of carbonyl (C=O) groups excluding carboxylic acids is 2. The zero-order chi connectivity index (χ0) is 12.1. The van der Waals surface area contributed by atoms with Crippen LogP contribution in [-0.2, 0) is 4.79 Å². The molecule has 0 aromatic heterocycles. The molecule has 1 unspecified atom stereocenters. The maximum Gasteiger partial charge on any atom is 0.265 e. The van der Waals surface area contributed by atoms with Crippen LogP contribution in [0, 0.1) is 0 Å². The number of benzene rings is 1. The zero-order valence-corrected chi connectivity index (χ0v) is 8.73. The molecular weight excluding hydrogens is 210 g/mol. The van der Waals surface area contributed by atoms with Crippen LogP contribution in [0.5, 0.6) is 0 Å². The normalized spacial score (nSPS) is 11.6. The summed E-state index contributed by atoms with van der Waals surface area (Å²) in [6.07, 6.45) is 0. The number of hydroxylamine groups is 1. The van der Waals surface area contributed by atoms with Crippen molar-refractivity contribution in [2.45, 2.75) is 13.0 Å². The number of nitrogens with two attached hydrogens (primary N) is 1. The minimum absolute atomic E-state index is 0.395. The zero-order valence-electron chi connectivity index (χ0n) is 8.73. The minimum Gasteiger partial charge on any atom is -0.399 e. The molecule has 6 nitrogen and oxygen atoms in total. The van der Waals surface area contributed by atoms with Crippen LogP contribution < -0.4 is 16.5 Å². The molecule has 2 amide bonds. The second-order valence-electron chi connectivity index (χ2n) is 3.29. The maximum absolute atomic E-state index is 11.6. The van der Waals surface area contributed by atoms with Gasteiger partial charge in [-0.3, -0.25) is 14.8 Å². The fourth-order valence-electron chi connectivity index (χ4n) is 1.08. The molecule has 6 heteroatoms. The second-order valence-corrected chi connectivity index (χ2v) is 3.29. The molecule has 86 valence electrons. The molecule has 0 radical (unpaired) electrons. The van der Waals surface area contributed by atoms with E-state index in [1.165, 1.54) is 12.4 Å². The fraction of sp³-hybridized carbons (Fsp3) is 0.200. The average molecular weight is 223 g/mol. The molecule has 1 rings (SSSR count). The molecule has 1 aromatic carbocycles. The first-order valence-corrected chi connectivity index (χ1v) is 4.65. The first-order chi connectivity index (χ1) is 7.54. The molecular formula is C10H13N3O3. The van der Waals surface area contributed by atoms with Gasteiger partial charge in [0.05, 0.1) is 0 Å². The molecule has 0 aliphatic heterocycles. The summed E-state index contributed by atoms with van der Waals surface area (Å²) in [6, 6.07) is 5.47. The molecule has 16 heavy (non-hydrogen) atoms. The first kappa shape index (κ1) is 12.0. The average Bonchev–Trinajstić information content (AvgIpc) is 2.28. The Balaban J connectivity index is 2.65. The van der Waals surface area contributed by atoms with Crippen LogP contribution >= 0.6 is 0 Å². The van der Waals surface area contributed by atoms with E-state index in [1.54, 1.807) is 24.3 Å². The van der Waals surface area contributed by atoms with Crippen molar-refractivity contribution in [1.82, 2.24) is 10.8 Å². The highest BCUT2D eigenvalue weighted by Gasteiger charge is 2.15. The van der Waals surface area contributed by atoms with Crippen LogP contribution in [0.4, 0.5) is 5.69 Å². The lowest BCUT2D eigenvalue weighted by Crippen LogP contribution is -2.43. The van der Waals surface area contributed by atoms with Crippen LogP contribution in [0.3, 0.4) is 0 Å². The van der Waals surface area contributed by atoms with Gasteiger partial charge in [0.15, 0.2) is 0 Å². The number of rotatable bonds is 3. The highest BCUT2D eigenvalue weighted by Crippen LogP contribution is 2.05. The lowest BCUT2D eigenvalue weighted by atomic mass is 10.2. The van der Waals surface area contributed by atoms with E-state index in [9.17, 15) is 9.59 Å². The van der Waals surface area contributed by atoms with E-state index in [2.05, 4.69) is 5.32 Å². The number of hydrogen-bond donors (Lipinski definition) is 4. The molecule has 0 spiro atoms. The summed E-state index contributed by atoms with van der Waals surface area (Å²) in [5, 5.41) is 10.8. The quantitative estimate of drug-likeness (QED) is 0.326. The lowest BCUT2D eigenvalue weighted by Gasteiger charge is -2.11. The van der Waals surface area contributed by atoms with E-state index < -0.39 is 17.9 Å². The van der Waals surface area contributed by atoms with Crippen molar-refractivity contribution in [3.63, 3.8) is 0 Å². The highest BCUT2D eigenvalue weighted by molar-refractivity contribution is 5.97. The van der Waals surface area contributed by atoms with Crippen molar-refractivity contribution in [2.24, 2.45) is 0 Å². The maximum atomic E-state index is 11.6. The number of hydrogen-bond acceptors (Lipinski definition) is 4. The predicted octanol–water partition coefficient (Wildman–Crippen LogP) is -0.107. The minimum atomic E-state index is -0.810. The van der Waals surface area contributed by atoms with Gasteiger partial charge in [0, 0.05) is 11.3 Å². The lowest BCUT2D eigenvalue weighted by molar-refractivity contribution is -0.130. The Morgan fingerprint density at radius 1 is 1.31 bits per heavy atom. The number of amides is 2. The van der Waals surface area contributed by atoms with Gasteiger partial charge < -0.3 is 11.1 Å². The van der Waals surface area contributed by atoms with Gasteiger partial charge in [-0.05, 0) is 31.2 Å². The van der Waals surface area contributed by atoms with Gasteiger partial charge in [-0.15, -0.1) is 0 Å². The highest BCUT2D eigenvalue weighted by atomic mass is 16.5. The molecule has 0 bridgehead atoms. The SMILES string of the molecule is CC(NC(=O)c1ccc(N)cc1)C(=O)NO. The van der Waals surface area contributed by atoms with Gasteiger partial charge in [-0.1, -0.05) is 0 Å². The summed E-state index contributed by atoms with van der Waals surface area (Å²) >= 11 is 0. The summed E-state index contributed by atoms with van der Waals surface area (Å²) in [4.78, 5) is 22.5. The van der Waals surface area contributed by atoms with E-state index in [1.807, 2.05) is 0 Å². The summed E-state index contributed by atoms with van der Waals surface area (Å²) in [5.74, 6) is -1.08. The summed E-state index contributed by atoms with van der Waals surface area (Å²) in [7, 11) is 0. The van der Waals surface area contributed by atoms with Crippen LogP contribution in [0.2, 0.25) is 0 Å².